The fraction of sp³-hybridized carbons (Fsp3) is 0.316. The zero-order valence-electron chi connectivity index (χ0n) is 14.6. The standard InChI is InChI=1S/C19H20N6O/c1-13-21-11-16(12-22-13)23-19(26)25-9-6-14(7-10-25)17-5-4-15-3-2-8-20-18(15)24-17/h2-5,8,11-12,14H,6-7,9-10H2,1H3,(H,23,26). The number of anilines is 1. The summed E-state index contributed by atoms with van der Waals surface area (Å²) in [7, 11) is 0. The highest BCUT2D eigenvalue weighted by molar-refractivity contribution is 5.89. The molecule has 4 rings (SSSR count). The zero-order chi connectivity index (χ0) is 17.9. The smallest absolute Gasteiger partial charge is 0.321 e. The summed E-state index contributed by atoms with van der Waals surface area (Å²) in [5, 5.41) is 3.90. The highest BCUT2D eigenvalue weighted by Gasteiger charge is 2.25. The monoisotopic (exact) mass is 348 g/mol. The summed E-state index contributed by atoms with van der Waals surface area (Å²) in [6.07, 6.45) is 6.80. The largest absolute Gasteiger partial charge is 0.324 e. The van der Waals surface area contributed by atoms with E-state index in [9.17, 15) is 4.79 Å². The third-order valence-electron chi connectivity index (χ3n) is 4.72. The van der Waals surface area contributed by atoms with Crippen molar-refractivity contribution < 1.29 is 4.79 Å². The molecular formula is C19H20N6O. The van der Waals surface area contributed by atoms with E-state index in [4.69, 9.17) is 4.98 Å². The van der Waals surface area contributed by atoms with Crippen molar-refractivity contribution in [3.63, 3.8) is 0 Å². The Balaban J connectivity index is 1.38. The maximum atomic E-state index is 12.4. The summed E-state index contributed by atoms with van der Waals surface area (Å²) in [5.41, 5.74) is 2.46. The first-order valence-corrected chi connectivity index (χ1v) is 8.75. The van der Waals surface area contributed by atoms with Gasteiger partial charge in [-0.3, -0.25) is 0 Å². The van der Waals surface area contributed by atoms with Crippen molar-refractivity contribution >= 4 is 22.8 Å². The minimum Gasteiger partial charge on any atom is -0.324 e. The fourth-order valence-electron chi connectivity index (χ4n) is 3.23. The summed E-state index contributed by atoms with van der Waals surface area (Å²) < 4.78 is 0. The summed E-state index contributed by atoms with van der Waals surface area (Å²) in [6.45, 7) is 3.21. The Hall–Kier alpha value is -3.09. The van der Waals surface area contributed by atoms with Crippen LogP contribution in [-0.4, -0.2) is 44.0 Å². The lowest BCUT2D eigenvalue weighted by Gasteiger charge is -2.31. The Morgan fingerprint density at radius 3 is 2.65 bits per heavy atom. The number of piperidine rings is 1. The quantitative estimate of drug-likeness (QED) is 0.769. The van der Waals surface area contributed by atoms with Gasteiger partial charge in [0.15, 0.2) is 5.65 Å². The Bertz CT molecular complexity index is 919. The lowest BCUT2D eigenvalue weighted by atomic mass is 9.93. The summed E-state index contributed by atoms with van der Waals surface area (Å²) in [5.74, 6) is 1.04. The van der Waals surface area contributed by atoms with Gasteiger partial charge in [0.1, 0.15) is 5.82 Å². The van der Waals surface area contributed by atoms with Crippen LogP contribution < -0.4 is 5.32 Å². The Kier molecular flexibility index (Phi) is 4.43. The summed E-state index contributed by atoms with van der Waals surface area (Å²) in [6, 6.07) is 7.97. The molecule has 26 heavy (non-hydrogen) atoms. The SMILES string of the molecule is Cc1ncc(NC(=O)N2CCC(c3ccc4cccnc4n3)CC2)cn1. The van der Waals surface area contributed by atoms with Crippen molar-refractivity contribution in [3.8, 4) is 0 Å². The number of nitrogens with one attached hydrogen (secondary N) is 1. The number of rotatable bonds is 2. The molecule has 1 fully saturated rings. The van der Waals surface area contributed by atoms with Gasteiger partial charge in [-0.05, 0) is 44.0 Å². The van der Waals surface area contributed by atoms with Gasteiger partial charge >= 0.3 is 6.03 Å². The van der Waals surface area contributed by atoms with Crippen molar-refractivity contribution in [2.75, 3.05) is 18.4 Å². The first kappa shape index (κ1) is 16.4. The van der Waals surface area contributed by atoms with Crippen LogP contribution in [0.15, 0.2) is 42.9 Å². The van der Waals surface area contributed by atoms with Gasteiger partial charge in [-0.25, -0.2) is 24.7 Å². The number of fused-ring (bicyclic) bond motifs is 1. The molecule has 132 valence electrons. The zero-order valence-corrected chi connectivity index (χ0v) is 14.6. The maximum Gasteiger partial charge on any atom is 0.321 e. The second kappa shape index (κ2) is 7.03. The number of carbonyl (C=O) groups excluding carboxylic acids is 1. The van der Waals surface area contributed by atoms with Gasteiger partial charge in [-0.2, -0.15) is 0 Å². The molecule has 7 nitrogen and oxygen atoms in total. The molecule has 3 aromatic heterocycles. The number of nitrogens with zero attached hydrogens (tertiary/aromatic N) is 5. The molecule has 4 heterocycles. The lowest BCUT2D eigenvalue weighted by molar-refractivity contribution is 0.194. The second-order valence-electron chi connectivity index (χ2n) is 6.50. The number of amides is 2. The average molecular weight is 348 g/mol. The number of hydrogen-bond acceptors (Lipinski definition) is 5. The number of aromatic nitrogens is 4. The molecule has 0 unspecified atom stereocenters. The van der Waals surface area contributed by atoms with Crippen LogP contribution in [0.25, 0.3) is 11.0 Å². The first-order valence-electron chi connectivity index (χ1n) is 8.75. The van der Waals surface area contributed by atoms with Gasteiger partial charge in [0.25, 0.3) is 0 Å². The maximum absolute atomic E-state index is 12.4. The minimum atomic E-state index is -0.107. The van der Waals surface area contributed by atoms with E-state index in [1.807, 2.05) is 24.0 Å². The average Bonchev–Trinajstić information content (AvgIpc) is 2.69. The van der Waals surface area contributed by atoms with Gasteiger partial charge in [0, 0.05) is 36.3 Å². The molecule has 0 atom stereocenters. The molecule has 1 aliphatic rings. The third-order valence-corrected chi connectivity index (χ3v) is 4.72. The van der Waals surface area contributed by atoms with Gasteiger partial charge in [0.2, 0.25) is 0 Å². The normalized spacial score (nSPS) is 15.2. The predicted molar refractivity (Wildman–Crippen MR) is 98.9 cm³/mol. The minimum absolute atomic E-state index is 0.107. The number of carbonyl (C=O) groups is 1. The van der Waals surface area contributed by atoms with Crippen LogP contribution >= 0.6 is 0 Å². The first-order chi connectivity index (χ1) is 12.7. The van der Waals surface area contributed by atoms with E-state index in [0.717, 1.165) is 29.6 Å². The van der Waals surface area contributed by atoms with E-state index >= 15 is 0 Å². The molecule has 1 N–H and O–H groups in total. The number of hydrogen-bond donors (Lipinski definition) is 1. The molecule has 3 aromatic rings. The van der Waals surface area contributed by atoms with Crippen LogP contribution in [0.1, 0.15) is 30.3 Å². The van der Waals surface area contributed by atoms with E-state index < -0.39 is 0 Å². The van der Waals surface area contributed by atoms with E-state index in [0.29, 0.717) is 30.5 Å². The van der Waals surface area contributed by atoms with Crippen LogP contribution in [0.5, 0.6) is 0 Å². The molecule has 0 aromatic carbocycles. The van der Waals surface area contributed by atoms with Crippen LogP contribution in [0.3, 0.4) is 0 Å². The summed E-state index contributed by atoms with van der Waals surface area (Å²) >= 11 is 0. The van der Waals surface area contributed by atoms with Crippen LogP contribution in [0.4, 0.5) is 10.5 Å². The van der Waals surface area contributed by atoms with E-state index in [1.54, 1.807) is 18.6 Å². The van der Waals surface area contributed by atoms with Crippen molar-refractivity contribution in [3.05, 3.63) is 54.4 Å². The van der Waals surface area contributed by atoms with E-state index in [-0.39, 0.29) is 6.03 Å². The van der Waals surface area contributed by atoms with E-state index in [1.165, 1.54) is 0 Å². The molecule has 1 aliphatic heterocycles. The third kappa shape index (κ3) is 3.46. The second-order valence-corrected chi connectivity index (χ2v) is 6.50. The molecule has 0 saturated carbocycles. The van der Waals surface area contributed by atoms with Crippen LogP contribution in [0, 0.1) is 6.92 Å². The van der Waals surface area contributed by atoms with Crippen molar-refractivity contribution in [1.29, 1.82) is 0 Å². The van der Waals surface area contributed by atoms with Crippen molar-refractivity contribution in [2.24, 2.45) is 0 Å². The molecule has 0 aliphatic carbocycles. The molecule has 1 saturated heterocycles. The number of aryl methyl sites for hydroxylation is 1. The molecule has 2 amide bonds. The van der Waals surface area contributed by atoms with Gasteiger partial charge in [-0.1, -0.05) is 0 Å². The predicted octanol–water partition coefficient (Wildman–Crippen LogP) is 3.14. The summed E-state index contributed by atoms with van der Waals surface area (Å²) in [4.78, 5) is 31.5. The Morgan fingerprint density at radius 2 is 1.88 bits per heavy atom. The fourth-order valence-corrected chi connectivity index (χ4v) is 3.23. The molecule has 0 spiro atoms. The highest BCUT2D eigenvalue weighted by atomic mass is 16.2. The Morgan fingerprint density at radius 1 is 1.12 bits per heavy atom. The van der Waals surface area contributed by atoms with Crippen molar-refractivity contribution in [2.45, 2.75) is 25.7 Å². The molecule has 7 heteroatoms. The lowest BCUT2D eigenvalue weighted by Crippen LogP contribution is -2.40. The van der Waals surface area contributed by atoms with E-state index in [2.05, 4.69) is 32.4 Å². The Labute approximate surface area is 151 Å². The number of urea groups is 1. The topological polar surface area (TPSA) is 83.9 Å². The van der Waals surface area contributed by atoms with Crippen LogP contribution in [-0.2, 0) is 0 Å². The molecular weight excluding hydrogens is 328 g/mol. The van der Waals surface area contributed by atoms with Gasteiger partial charge < -0.3 is 10.2 Å². The van der Waals surface area contributed by atoms with Gasteiger partial charge in [-0.15, -0.1) is 0 Å². The number of pyridine rings is 2. The molecule has 0 bridgehead atoms. The van der Waals surface area contributed by atoms with Crippen LogP contribution in [0.2, 0.25) is 0 Å². The van der Waals surface area contributed by atoms with Crippen molar-refractivity contribution in [1.82, 2.24) is 24.8 Å². The van der Waals surface area contributed by atoms with Gasteiger partial charge in [0.05, 0.1) is 18.1 Å². The highest BCUT2D eigenvalue weighted by Crippen LogP contribution is 2.28. The molecule has 0 radical (unpaired) electrons. The number of likely N-dealkylation sites (tertiary alicyclic amines) is 1.